The first-order valence-electron chi connectivity index (χ1n) is 11.9. The standard InChI is InChI=1S/C29H28BrCl2NO4/c1-35-27-10-8-23(31)17-24(27)29(12-14-36-15-13-29)19-33-28(34)11-6-20-16-22(30)7-9-26(20)37-18-21-4-2-3-5-25(21)32/h2-11,16-17H,12-15,18-19H2,1H3,(H,33,34)/b11-6+. The van der Waals surface area contributed by atoms with Gasteiger partial charge in [-0.3, -0.25) is 4.79 Å². The van der Waals surface area contributed by atoms with E-state index in [0.717, 1.165) is 39.8 Å². The summed E-state index contributed by atoms with van der Waals surface area (Å²) in [5.41, 5.74) is 2.31. The van der Waals surface area contributed by atoms with E-state index in [0.29, 0.717) is 42.2 Å². The smallest absolute Gasteiger partial charge is 0.244 e. The zero-order valence-electron chi connectivity index (χ0n) is 20.4. The van der Waals surface area contributed by atoms with Crippen molar-refractivity contribution >= 4 is 51.1 Å². The molecule has 0 aliphatic carbocycles. The Morgan fingerprint density at radius 3 is 2.59 bits per heavy atom. The number of hydrogen-bond donors (Lipinski definition) is 1. The SMILES string of the molecule is COc1ccc(Cl)cc1C1(CNC(=O)/C=C/c2cc(Br)ccc2OCc2ccccc2Cl)CCOCC1. The maximum Gasteiger partial charge on any atom is 0.244 e. The minimum Gasteiger partial charge on any atom is -0.496 e. The van der Waals surface area contributed by atoms with Crippen LogP contribution in [0.25, 0.3) is 6.08 Å². The molecule has 0 spiro atoms. The molecule has 194 valence electrons. The fraction of sp³-hybridized carbons (Fsp3) is 0.276. The molecule has 0 aromatic heterocycles. The van der Waals surface area contributed by atoms with E-state index in [-0.39, 0.29) is 11.3 Å². The first kappa shape index (κ1) is 27.5. The van der Waals surface area contributed by atoms with E-state index >= 15 is 0 Å². The highest BCUT2D eigenvalue weighted by molar-refractivity contribution is 9.10. The first-order valence-corrected chi connectivity index (χ1v) is 13.5. The van der Waals surface area contributed by atoms with Crippen LogP contribution in [0.1, 0.15) is 29.5 Å². The zero-order valence-corrected chi connectivity index (χ0v) is 23.5. The van der Waals surface area contributed by atoms with Gasteiger partial charge in [0, 0.05) is 62.5 Å². The number of methoxy groups -OCH3 is 1. The van der Waals surface area contributed by atoms with Crippen LogP contribution in [0.4, 0.5) is 0 Å². The topological polar surface area (TPSA) is 56.8 Å². The van der Waals surface area contributed by atoms with Crippen LogP contribution in [0.2, 0.25) is 10.0 Å². The fourth-order valence-corrected chi connectivity index (χ4v) is 5.17. The monoisotopic (exact) mass is 603 g/mol. The lowest BCUT2D eigenvalue weighted by molar-refractivity contribution is -0.116. The number of benzene rings is 3. The maximum atomic E-state index is 12.9. The quantitative estimate of drug-likeness (QED) is 0.262. The highest BCUT2D eigenvalue weighted by Crippen LogP contribution is 2.40. The Morgan fingerprint density at radius 2 is 1.84 bits per heavy atom. The molecule has 0 atom stereocenters. The van der Waals surface area contributed by atoms with Gasteiger partial charge in [0.2, 0.25) is 5.91 Å². The lowest BCUT2D eigenvalue weighted by Gasteiger charge is -2.38. The van der Waals surface area contributed by atoms with Crippen molar-refractivity contribution in [1.29, 1.82) is 0 Å². The van der Waals surface area contributed by atoms with Gasteiger partial charge in [0.1, 0.15) is 18.1 Å². The van der Waals surface area contributed by atoms with Crippen molar-refractivity contribution in [3.8, 4) is 11.5 Å². The van der Waals surface area contributed by atoms with Gasteiger partial charge in [0.15, 0.2) is 0 Å². The summed E-state index contributed by atoms with van der Waals surface area (Å²) in [5.74, 6) is 1.20. The Kier molecular flexibility index (Phi) is 9.54. The van der Waals surface area contributed by atoms with E-state index in [2.05, 4.69) is 21.2 Å². The number of halogens is 3. The summed E-state index contributed by atoms with van der Waals surface area (Å²) < 4.78 is 18.2. The van der Waals surface area contributed by atoms with Crippen LogP contribution >= 0.6 is 39.1 Å². The van der Waals surface area contributed by atoms with Gasteiger partial charge in [0.05, 0.1) is 7.11 Å². The lowest BCUT2D eigenvalue weighted by atomic mass is 9.73. The summed E-state index contributed by atoms with van der Waals surface area (Å²) in [5, 5.41) is 4.36. The van der Waals surface area contributed by atoms with E-state index < -0.39 is 0 Å². The Balaban J connectivity index is 1.48. The first-order chi connectivity index (χ1) is 17.9. The summed E-state index contributed by atoms with van der Waals surface area (Å²) in [4.78, 5) is 12.9. The minimum absolute atomic E-state index is 0.205. The molecule has 8 heteroatoms. The molecule has 0 radical (unpaired) electrons. The zero-order chi connectivity index (χ0) is 26.3. The average Bonchev–Trinajstić information content (AvgIpc) is 2.91. The maximum absolute atomic E-state index is 12.9. The van der Waals surface area contributed by atoms with Crippen LogP contribution in [0.15, 0.2) is 71.2 Å². The predicted molar refractivity (Wildman–Crippen MR) is 152 cm³/mol. The van der Waals surface area contributed by atoms with Crippen molar-refractivity contribution in [2.24, 2.45) is 0 Å². The molecule has 1 N–H and O–H groups in total. The van der Waals surface area contributed by atoms with E-state index in [9.17, 15) is 4.79 Å². The number of rotatable bonds is 9. The van der Waals surface area contributed by atoms with Gasteiger partial charge in [-0.2, -0.15) is 0 Å². The molecule has 1 fully saturated rings. The van der Waals surface area contributed by atoms with E-state index in [1.165, 1.54) is 6.08 Å². The molecule has 0 bridgehead atoms. The van der Waals surface area contributed by atoms with Gasteiger partial charge in [-0.25, -0.2) is 0 Å². The Bertz CT molecular complexity index is 1270. The molecule has 3 aromatic carbocycles. The second kappa shape index (κ2) is 12.8. The van der Waals surface area contributed by atoms with Crippen molar-refractivity contribution in [3.63, 3.8) is 0 Å². The van der Waals surface area contributed by atoms with Crippen LogP contribution in [-0.2, 0) is 21.6 Å². The number of nitrogens with one attached hydrogen (secondary N) is 1. The molecule has 1 amide bonds. The van der Waals surface area contributed by atoms with Crippen molar-refractivity contribution in [3.05, 3.63) is 97.9 Å². The molecule has 0 saturated carbocycles. The molecule has 5 nitrogen and oxygen atoms in total. The molecular weight excluding hydrogens is 577 g/mol. The number of ether oxygens (including phenoxy) is 3. The highest BCUT2D eigenvalue weighted by atomic mass is 79.9. The summed E-state index contributed by atoms with van der Waals surface area (Å²) >= 11 is 16.1. The van der Waals surface area contributed by atoms with Gasteiger partial charge in [0.25, 0.3) is 0 Å². The third-order valence-electron chi connectivity index (χ3n) is 6.51. The van der Waals surface area contributed by atoms with Gasteiger partial charge < -0.3 is 19.5 Å². The van der Waals surface area contributed by atoms with Crippen molar-refractivity contribution in [1.82, 2.24) is 5.32 Å². The molecule has 1 heterocycles. The normalized spacial score (nSPS) is 14.9. The van der Waals surface area contributed by atoms with Gasteiger partial charge >= 0.3 is 0 Å². The van der Waals surface area contributed by atoms with Crippen LogP contribution in [0, 0.1) is 0 Å². The van der Waals surface area contributed by atoms with Crippen molar-refractivity contribution in [2.75, 3.05) is 26.9 Å². The third-order valence-corrected chi connectivity index (χ3v) is 7.61. The third kappa shape index (κ3) is 7.08. The van der Waals surface area contributed by atoms with E-state index in [1.54, 1.807) is 13.2 Å². The van der Waals surface area contributed by atoms with Crippen LogP contribution in [0.5, 0.6) is 11.5 Å². The molecule has 4 rings (SSSR count). The van der Waals surface area contributed by atoms with Crippen LogP contribution in [-0.4, -0.2) is 32.8 Å². The molecule has 1 saturated heterocycles. The predicted octanol–water partition coefficient (Wildman–Crippen LogP) is 7.22. The molecule has 3 aromatic rings. The van der Waals surface area contributed by atoms with Gasteiger partial charge in [-0.05, 0) is 61.4 Å². The van der Waals surface area contributed by atoms with E-state index in [4.69, 9.17) is 37.4 Å². The number of carbonyl (C=O) groups excluding carboxylic acids is 1. The number of carbonyl (C=O) groups is 1. The lowest BCUT2D eigenvalue weighted by Crippen LogP contribution is -2.44. The summed E-state index contributed by atoms with van der Waals surface area (Å²) in [6, 6.07) is 18.8. The molecule has 0 unspecified atom stereocenters. The average molecular weight is 605 g/mol. The van der Waals surface area contributed by atoms with Crippen molar-refractivity contribution < 1.29 is 19.0 Å². The Labute approximate surface area is 235 Å². The number of hydrogen-bond acceptors (Lipinski definition) is 4. The fourth-order valence-electron chi connectivity index (χ4n) is 4.43. The molecule has 37 heavy (non-hydrogen) atoms. The van der Waals surface area contributed by atoms with Crippen molar-refractivity contribution in [2.45, 2.75) is 24.9 Å². The minimum atomic E-state index is -0.336. The Hall–Kier alpha value is -2.51. The molecule has 1 aliphatic rings. The number of amides is 1. The van der Waals surface area contributed by atoms with Crippen LogP contribution in [0.3, 0.4) is 0 Å². The van der Waals surface area contributed by atoms with Gasteiger partial charge in [-0.15, -0.1) is 0 Å². The second-order valence-electron chi connectivity index (χ2n) is 8.85. The molecular formula is C29H28BrCl2NO4. The largest absolute Gasteiger partial charge is 0.496 e. The summed E-state index contributed by atoms with van der Waals surface area (Å²) in [7, 11) is 1.64. The Morgan fingerprint density at radius 1 is 1.08 bits per heavy atom. The highest BCUT2D eigenvalue weighted by Gasteiger charge is 2.37. The summed E-state index contributed by atoms with van der Waals surface area (Å²) in [6.45, 7) is 1.96. The van der Waals surface area contributed by atoms with Crippen LogP contribution < -0.4 is 14.8 Å². The summed E-state index contributed by atoms with van der Waals surface area (Å²) in [6.07, 6.45) is 4.77. The molecule has 1 aliphatic heterocycles. The van der Waals surface area contributed by atoms with E-state index in [1.807, 2.05) is 60.7 Å². The van der Waals surface area contributed by atoms with Gasteiger partial charge in [-0.1, -0.05) is 57.3 Å². The second-order valence-corrected chi connectivity index (χ2v) is 10.6.